The van der Waals surface area contributed by atoms with Crippen LogP contribution in [0.4, 0.5) is 10.7 Å². The van der Waals surface area contributed by atoms with Crippen LogP contribution in [0, 0.1) is 0 Å². The van der Waals surface area contributed by atoms with Crippen molar-refractivity contribution in [2.24, 2.45) is 4.99 Å². The maximum atomic E-state index is 11.7. The number of hydrogen-bond donors (Lipinski definition) is 1. The molecule has 132 valence electrons. The summed E-state index contributed by atoms with van der Waals surface area (Å²) < 4.78 is 2.04. The topological polar surface area (TPSA) is 46.4 Å². The summed E-state index contributed by atoms with van der Waals surface area (Å²) in [5, 5.41) is 4.31. The second-order valence-corrected chi connectivity index (χ2v) is 7.01. The number of nitrogens with one attached hydrogen (secondary N) is 1. The second kappa shape index (κ2) is 8.17. The molecule has 4 nitrogen and oxygen atoms in total. The number of rotatable bonds is 5. The number of benzene rings is 2. The van der Waals surface area contributed by atoms with E-state index in [1.165, 1.54) is 18.3 Å². The van der Waals surface area contributed by atoms with Gasteiger partial charge in [-0.15, -0.1) is 6.58 Å². The largest absolute Gasteiger partial charge is 0.316 e. The highest BCUT2D eigenvalue weighted by molar-refractivity contribution is 7.14. The van der Waals surface area contributed by atoms with Crippen LogP contribution < -0.4 is 10.1 Å². The molecule has 3 aromatic rings. The Balaban J connectivity index is 2.26. The number of aromatic nitrogens is 1. The Kier molecular flexibility index (Phi) is 5.71. The Morgan fingerprint density at radius 2 is 2.04 bits per heavy atom. The first-order valence-electron chi connectivity index (χ1n) is 8.06. The summed E-state index contributed by atoms with van der Waals surface area (Å²) in [4.78, 5) is 17.2. The van der Waals surface area contributed by atoms with Crippen LogP contribution in [0.15, 0.2) is 72.2 Å². The smallest absolute Gasteiger partial charge is 0.221 e. The van der Waals surface area contributed by atoms with Crippen LogP contribution in [0.5, 0.6) is 0 Å². The molecule has 26 heavy (non-hydrogen) atoms. The summed E-state index contributed by atoms with van der Waals surface area (Å²) in [6.07, 6.45) is 1.81. The summed E-state index contributed by atoms with van der Waals surface area (Å²) in [5.74, 6) is -0.122. The summed E-state index contributed by atoms with van der Waals surface area (Å²) in [6, 6.07) is 17.3. The molecule has 1 aromatic heterocycles. The molecule has 0 aliphatic heterocycles. The molecular formula is C20H18ClN3OS. The van der Waals surface area contributed by atoms with Crippen molar-refractivity contribution in [2.45, 2.75) is 13.5 Å². The van der Waals surface area contributed by atoms with Gasteiger partial charge in [-0.3, -0.25) is 4.79 Å². The third kappa shape index (κ3) is 4.12. The fourth-order valence-corrected chi connectivity index (χ4v) is 3.89. The van der Waals surface area contributed by atoms with E-state index in [1.807, 2.05) is 59.2 Å². The molecule has 0 atom stereocenters. The molecule has 0 aliphatic rings. The molecule has 1 N–H and O–H groups in total. The van der Waals surface area contributed by atoms with Crippen molar-refractivity contribution in [3.63, 3.8) is 0 Å². The summed E-state index contributed by atoms with van der Waals surface area (Å²) in [6.45, 7) is 5.93. The quantitative estimate of drug-likeness (QED) is 0.601. The van der Waals surface area contributed by atoms with Crippen molar-refractivity contribution in [1.82, 2.24) is 4.57 Å². The van der Waals surface area contributed by atoms with Gasteiger partial charge in [-0.05, 0) is 18.2 Å². The van der Waals surface area contributed by atoms with Crippen molar-refractivity contribution in [1.29, 1.82) is 0 Å². The molecule has 0 bridgehead atoms. The molecular weight excluding hydrogens is 366 g/mol. The van der Waals surface area contributed by atoms with Crippen LogP contribution in [0.3, 0.4) is 0 Å². The fraction of sp³-hybridized carbons (Fsp3) is 0.100. The monoisotopic (exact) mass is 383 g/mol. The van der Waals surface area contributed by atoms with Crippen molar-refractivity contribution in [2.75, 3.05) is 5.32 Å². The maximum Gasteiger partial charge on any atom is 0.221 e. The number of carbonyl (C=O) groups is 1. The summed E-state index contributed by atoms with van der Waals surface area (Å²) >= 11 is 7.50. The van der Waals surface area contributed by atoms with Crippen molar-refractivity contribution < 1.29 is 4.79 Å². The number of anilines is 1. The Morgan fingerprint density at radius 3 is 2.69 bits per heavy atom. The molecule has 0 saturated carbocycles. The lowest BCUT2D eigenvalue weighted by molar-refractivity contribution is -0.114. The van der Waals surface area contributed by atoms with Gasteiger partial charge < -0.3 is 9.88 Å². The predicted molar refractivity (Wildman–Crippen MR) is 109 cm³/mol. The Labute approximate surface area is 161 Å². The third-order valence-corrected chi connectivity index (χ3v) is 4.82. The Bertz CT molecular complexity index is 1010. The molecule has 0 radical (unpaired) electrons. The van der Waals surface area contributed by atoms with Gasteiger partial charge >= 0.3 is 0 Å². The fourth-order valence-electron chi connectivity index (χ4n) is 2.58. The number of allylic oxidation sites excluding steroid dienone is 1. The zero-order chi connectivity index (χ0) is 18.5. The van der Waals surface area contributed by atoms with Gasteiger partial charge in [0.1, 0.15) is 5.00 Å². The third-order valence-electron chi connectivity index (χ3n) is 3.59. The van der Waals surface area contributed by atoms with Crippen molar-refractivity contribution in [3.05, 3.63) is 77.1 Å². The first kappa shape index (κ1) is 18.2. The molecule has 0 fully saturated rings. The average Bonchev–Trinajstić information content (AvgIpc) is 2.92. The predicted octanol–water partition coefficient (Wildman–Crippen LogP) is 5.25. The van der Waals surface area contributed by atoms with E-state index in [2.05, 4.69) is 11.9 Å². The van der Waals surface area contributed by atoms with E-state index in [0.29, 0.717) is 11.6 Å². The normalized spacial score (nSPS) is 11.4. The summed E-state index contributed by atoms with van der Waals surface area (Å²) in [5.41, 5.74) is 2.67. The molecule has 3 rings (SSSR count). The van der Waals surface area contributed by atoms with Gasteiger partial charge in [0.25, 0.3) is 0 Å². The maximum absolute atomic E-state index is 11.7. The molecule has 0 unspecified atom stereocenters. The van der Waals surface area contributed by atoms with E-state index >= 15 is 0 Å². The molecule has 0 spiro atoms. The van der Waals surface area contributed by atoms with E-state index in [4.69, 9.17) is 16.6 Å². The van der Waals surface area contributed by atoms with Crippen LogP contribution >= 0.6 is 22.9 Å². The average molecular weight is 384 g/mol. The molecule has 0 saturated heterocycles. The zero-order valence-corrected chi connectivity index (χ0v) is 15.8. The van der Waals surface area contributed by atoms with E-state index in [-0.39, 0.29) is 5.91 Å². The number of thiazole rings is 1. The standard InChI is InChI=1S/C20H18ClN3OS/c1-3-12-24-18(15-8-5-4-6-9-15)19(22-14(2)25)26-20(24)23-17-11-7-10-16(21)13-17/h3-11,13H,1,12H2,2H3,(H,22,25). The van der Waals surface area contributed by atoms with Gasteiger partial charge in [-0.2, -0.15) is 0 Å². The Hall–Kier alpha value is -2.63. The van der Waals surface area contributed by atoms with Gasteiger partial charge in [0, 0.05) is 24.1 Å². The van der Waals surface area contributed by atoms with E-state index < -0.39 is 0 Å². The van der Waals surface area contributed by atoms with Crippen molar-refractivity contribution >= 4 is 39.5 Å². The minimum Gasteiger partial charge on any atom is -0.316 e. The second-order valence-electron chi connectivity index (χ2n) is 5.60. The van der Waals surface area contributed by atoms with Gasteiger partial charge in [0.2, 0.25) is 5.91 Å². The lowest BCUT2D eigenvalue weighted by Crippen LogP contribution is -2.15. The van der Waals surface area contributed by atoms with E-state index in [1.54, 1.807) is 6.07 Å². The van der Waals surface area contributed by atoms with E-state index in [9.17, 15) is 4.79 Å². The lowest BCUT2D eigenvalue weighted by Gasteiger charge is -2.09. The number of nitrogens with zero attached hydrogens (tertiary/aromatic N) is 2. The SMILES string of the molecule is C=CCn1c(-c2ccccc2)c(NC(C)=O)sc1=Nc1cccc(Cl)c1. The molecule has 1 amide bonds. The van der Waals surface area contributed by atoms with Gasteiger partial charge in [0.05, 0.1) is 11.4 Å². The molecule has 1 heterocycles. The zero-order valence-electron chi connectivity index (χ0n) is 14.3. The highest BCUT2D eigenvalue weighted by Gasteiger charge is 2.16. The number of hydrogen-bond acceptors (Lipinski definition) is 3. The van der Waals surface area contributed by atoms with Gasteiger partial charge in [0.15, 0.2) is 4.80 Å². The van der Waals surface area contributed by atoms with Crippen LogP contribution in [-0.2, 0) is 11.3 Å². The van der Waals surface area contributed by atoms with Crippen LogP contribution in [0.2, 0.25) is 5.02 Å². The number of amides is 1. The van der Waals surface area contributed by atoms with Gasteiger partial charge in [-0.1, -0.05) is 65.4 Å². The van der Waals surface area contributed by atoms with E-state index in [0.717, 1.165) is 26.7 Å². The van der Waals surface area contributed by atoms with Crippen molar-refractivity contribution in [3.8, 4) is 11.3 Å². The van der Waals surface area contributed by atoms with Crippen LogP contribution in [0.25, 0.3) is 11.3 Å². The minimum absolute atomic E-state index is 0.122. The first-order valence-corrected chi connectivity index (χ1v) is 9.26. The van der Waals surface area contributed by atoms with Crippen LogP contribution in [0.1, 0.15) is 6.92 Å². The Morgan fingerprint density at radius 1 is 1.27 bits per heavy atom. The first-order chi connectivity index (χ1) is 12.6. The molecule has 6 heteroatoms. The number of carbonyl (C=O) groups excluding carboxylic acids is 1. The molecule has 2 aromatic carbocycles. The minimum atomic E-state index is -0.122. The number of halogens is 1. The lowest BCUT2D eigenvalue weighted by atomic mass is 10.1. The van der Waals surface area contributed by atoms with Crippen LogP contribution in [-0.4, -0.2) is 10.5 Å². The highest BCUT2D eigenvalue weighted by atomic mass is 35.5. The molecule has 0 aliphatic carbocycles. The van der Waals surface area contributed by atoms with Gasteiger partial charge in [-0.25, -0.2) is 4.99 Å². The highest BCUT2D eigenvalue weighted by Crippen LogP contribution is 2.31. The summed E-state index contributed by atoms with van der Waals surface area (Å²) in [7, 11) is 0.